The van der Waals surface area contributed by atoms with Crippen molar-refractivity contribution in [2.24, 2.45) is 5.92 Å². The number of ketones is 1. The van der Waals surface area contributed by atoms with E-state index in [-0.39, 0.29) is 44.2 Å². The summed E-state index contributed by atoms with van der Waals surface area (Å²) in [7, 11) is 0. The molecule has 3 heterocycles. The van der Waals surface area contributed by atoms with Crippen LogP contribution < -0.4 is 10.6 Å². The lowest BCUT2D eigenvalue weighted by molar-refractivity contribution is -0.158. The number of nitrogens with zero attached hydrogens (tertiary/aromatic N) is 2. The normalized spacial score (nSPS) is 17.5. The van der Waals surface area contributed by atoms with Gasteiger partial charge in [0.1, 0.15) is 11.6 Å². The van der Waals surface area contributed by atoms with E-state index in [2.05, 4.69) is 21.7 Å². The van der Waals surface area contributed by atoms with Gasteiger partial charge < -0.3 is 30.5 Å². The molecule has 2 amide bonds. The van der Waals surface area contributed by atoms with Crippen LogP contribution in [0.1, 0.15) is 64.1 Å². The van der Waals surface area contributed by atoms with E-state index >= 15 is 0 Å². The molecule has 1 fully saturated rings. The molecule has 1 saturated heterocycles. The molecule has 1 atom stereocenters. The van der Waals surface area contributed by atoms with Crippen molar-refractivity contribution in [3.8, 4) is 0 Å². The van der Waals surface area contributed by atoms with Crippen molar-refractivity contribution in [2.45, 2.75) is 71.3 Å². The Morgan fingerprint density at radius 3 is 2.58 bits per heavy atom. The predicted octanol–water partition coefficient (Wildman–Crippen LogP) is 2.61. The van der Waals surface area contributed by atoms with E-state index < -0.39 is 17.5 Å². The van der Waals surface area contributed by atoms with Crippen LogP contribution in [0, 0.1) is 5.92 Å². The number of hydrogen-bond acceptors (Lipinski definition) is 6. The topological polar surface area (TPSA) is 132 Å². The third-order valence-corrected chi connectivity index (χ3v) is 6.19. The van der Waals surface area contributed by atoms with Gasteiger partial charge in [-0.1, -0.05) is 19.9 Å². The minimum Gasteiger partial charge on any atom is -0.481 e. The molecule has 1 aromatic heterocycles. The van der Waals surface area contributed by atoms with Crippen molar-refractivity contribution in [3.05, 3.63) is 23.4 Å². The molecule has 9 heteroatoms. The number of rotatable bonds is 8. The molecule has 2 aliphatic heterocycles. The van der Waals surface area contributed by atoms with Gasteiger partial charge in [0.05, 0.1) is 11.5 Å². The molecule has 1 aromatic rings. The summed E-state index contributed by atoms with van der Waals surface area (Å²) in [6.07, 6.45) is 3.77. The molecule has 2 aliphatic rings. The molecule has 0 saturated carbocycles. The SMILES string of the molecule is CC.CC(=O)CC(C(=O)O)C1(O)CCN(C(=O)NCCCc2ccc3c(n2)NCCC3)CC1. The summed E-state index contributed by atoms with van der Waals surface area (Å²) in [5.74, 6) is -1.63. The van der Waals surface area contributed by atoms with Crippen LogP contribution in [-0.4, -0.2) is 69.7 Å². The number of likely N-dealkylation sites (tertiary alicyclic amines) is 1. The second-order valence-corrected chi connectivity index (χ2v) is 8.56. The number of urea groups is 1. The van der Waals surface area contributed by atoms with Crippen molar-refractivity contribution in [1.29, 1.82) is 0 Å². The summed E-state index contributed by atoms with van der Waals surface area (Å²) in [6, 6.07) is 3.94. The van der Waals surface area contributed by atoms with Crippen LogP contribution >= 0.6 is 0 Å². The first-order valence-electron chi connectivity index (χ1n) is 12.0. The number of amides is 2. The number of anilines is 1. The number of carboxylic acid groups (broad SMARTS) is 1. The highest BCUT2D eigenvalue weighted by atomic mass is 16.4. The maximum absolute atomic E-state index is 12.4. The summed E-state index contributed by atoms with van der Waals surface area (Å²) in [4.78, 5) is 41.6. The lowest BCUT2D eigenvalue weighted by atomic mass is 9.77. The molecule has 0 radical (unpaired) electrons. The van der Waals surface area contributed by atoms with Gasteiger partial charge in [0.25, 0.3) is 0 Å². The third kappa shape index (κ3) is 7.42. The highest BCUT2D eigenvalue weighted by Crippen LogP contribution is 2.32. The number of fused-ring (bicyclic) bond motifs is 1. The molecule has 184 valence electrons. The largest absolute Gasteiger partial charge is 0.481 e. The van der Waals surface area contributed by atoms with Crippen molar-refractivity contribution in [2.75, 3.05) is 31.5 Å². The molecule has 0 aromatic carbocycles. The van der Waals surface area contributed by atoms with E-state index in [0.717, 1.165) is 43.7 Å². The lowest BCUT2D eigenvalue weighted by Gasteiger charge is -2.41. The van der Waals surface area contributed by atoms with E-state index in [1.54, 1.807) is 4.90 Å². The second kappa shape index (κ2) is 12.5. The van der Waals surface area contributed by atoms with Gasteiger partial charge in [-0.15, -0.1) is 0 Å². The van der Waals surface area contributed by atoms with Crippen LogP contribution in [0.25, 0.3) is 0 Å². The van der Waals surface area contributed by atoms with E-state index in [9.17, 15) is 24.6 Å². The fourth-order valence-electron chi connectivity index (χ4n) is 4.32. The first-order valence-corrected chi connectivity index (χ1v) is 12.0. The molecule has 33 heavy (non-hydrogen) atoms. The van der Waals surface area contributed by atoms with E-state index in [1.807, 2.05) is 19.9 Å². The van der Waals surface area contributed by atoms with Gasteiger partial charge in [0.2, 0.25) is 0 Å². The number of Topliss-reactive ketones (excluding diaryl/α,β-unsaturated/α-hetero) is 1. The monoisotopic (exact) mass is 462 g/mol. The average Bonchev–Trinajstić information content (AvgIpc) is 2.81. The molecule has 0 spiro atoms. The molecular weight excluding hydrogens is 424 g/mol. The summed E-state index contributed by atoms with van der Waals surface area (Å²) in [5, 5.41) is 26.4. The van der Waals surface area contributed by atoms with Gasteiger partial charge in [0.15, 0.2) is 0 Å². The highest BCUT2D eigenvalue weighted by Gasteiger charge is 2.44. The van der Waals surface area contributed by atoms with Crippen LogP contribution in [0.3, 0.4) is 0 Å². The first-order chi connectivity index (χ1) is 15.8. The van der Waals surface area contributed by atoms with Crippen LogP contribution in [-0.2, 0) is 22.4 Å². The fourth-order valence-corrected chi connectivity index (χ4v) is 4.32. The summed E-state index contributed by atoms with van der Waals surface area (Å²) < 4.78 is 0. The smallest absolute Gasteiger partial charge is 0.317 e. The Labute approximate surface area is 196 Å². The Morgan fingerprint density at radius 1 is 1.24 bits per heavy atom. The number of aryl methyl sites for hydroxylation is 2. The van der Waals surface area contributed by atoms with Crippen LogP contribution in [0.15, 0.2) is 12.1 Å². The zero-order valence-electron chi connectivity index (χ0n) is 20.0. The van der Waals surface area contributed by atoms with E-state index in [4.69, 9.17) is 0 Å². The Hall–Kier alpha value is -2.68. The summed E-state index contributed by atoms with van der Waals surface area (Å²) >= 11 is 0. The Kier molecular flexibility index (Phi) is 10.1. The van der Waals surface area contributed by atoms with Gasteiger partial charge in [-0.05, 0) is 57.1 Å². The molecule has 1 unspecified atom stereocenters. The molecule has 3 rings (SSSR count). The average molecular weight is 463 g/mol. The number of aliphatic hydroxyl groups is 1. The molecular formula is C24H38N4O5. The number of pyridine rings is 1. The maximum Gasteiger partial charge on any atom is 0.317 e. The summed E-state index contributed by atoms with van der Waals surface area (Å²) in [6.45, 7) is 7.28. The molecule has 9 nitrogen and oxygen atoms in total. The Morgan fingerprint density at radius 2 is 1.94 bits per heavy atom. The van der Waals surface area contributed by atoms with Crippen molar-refractivity contribution in [3.63, 3.8) is 0 Å². The van der Waals surface area contributed by atoms with Gasteiger partial charge >= 0.3 is 12.0 Å². The Balaban J connectivity index is 0.00000187. The van der Waals surface area contributed by atoms with Crippen LogP contribution in [0.2, 0.25) is 0 Å². The highest BCUT2D eigenvalue weighted by molar-refractivity contribution is 5.83. The van der Waals surface area contributed by atoms with E-state index in [0.29, 0.717) is 6.54 Å². The number of nitrogens with one attached hydrogen (secondary N) is 2. The van der Waals surface area contributed by atoms with Gasteiger partial charge in [-0.25, -0.2) is 9.78 Å². The number of aromatic nitrogens is 1. The number of carbonyl (C=O) groups is 3. The zero-order chi connectivity index (χ0) is 24.4. The molecule has 0 aliphatic carbocycles. The fraction of sp³-hybridized carbons (Fsp3) is 0.667. The maximum atomic E-state index is 12.4. The number of aliphatic carboxylic acids is 1. The molecule has 4 N–H and O–H groups in total. The van der Waals surface area contributed by atoms with Crippen molar-refractivity contribution >= 4 is 23.6 Å². The molecule has 0 bridgehead atoms. The summed E-state index contributed by atoms with van der Waals surface area (Å²) in [5.41, 5.74) is 0.776. The van der Waals surface area contributed by atoms with Gasteiger partial charge in [0, 0.05) is 38.3 Å². The zero-order valence-corrected chi connectivity index (χ0v) is 20.0. The number of piperidine rings is 1. The third-order valence-electron chi connectivity index (χ3n) is 6.19. The van der Waals surface area contributed by atoms with Crippen molar-refractivity contribution in [1.82, 2.24) is 15.2 Å². The van der Waals surface area contributed by atoms with Crippen LogP contribution in [0.5, 0.6) is 0 Å². The first kappa shape index (κ1) is 26.6. The number of hydrogen-bond donors (Lipinski definition) is 4. The standard InChI is InChI=1S/C22H32N4O5.C2H6/c1-15(27)14-18(20(28)29)22(31)8-12-26(13-9-22)21(30)24-11-3-5-17-7-6-16-4-2-10-23-19(16)25-17;1-2/h6-7,18,31H,2-5,8-14H2,1H3,(H,23,25)(H,24,30)(H,28,29);1-2H3. The lowest BCUT2D eigenvalue weighted by Crippen LogP contribution is -2.54. The van der Waals surface area contributed by atoms with E-state index in [1.165, 1.54) is 12.5 Å². The van der Waals surface area contributed by atoms with Crippen molar-refractivity contribution < 1.29 is 24.6 Å². The number of carbonyl (C=O) groups excluding carboxylic acids is 2. The minimum atomic E-state index is -1.47. The second-order valence-electron chi connectivity index (χ2n) is 8.56. The quantitative estimate of drug-likeness (QED) is 0.437. The number of carboxylic acids is 1. The van der Waals surface area contributed by atoms with Crippen LogP contribution in [0.4, 0.5) is 10.6 Å². The van der Waals surface area contributed by atoms with Gasteiger partial charge in [-0.2, -0.15) is 0 Å². The predicted molar refractivity (Wildman–Crippen MR) is 126 cm³/mol. The minimum absolute atomic E-state index is 0.136. The Bertz CT molecular complexity index is 821. The van der Waals surface area contributed by atoms with Gasteiger partial charge in [-0.3, -0.25) is 4.79 Å².